The van der Waals surface area contributed by atoms with Crippen LogP contribution in [0, 0.1) is 5.92 Å². The Morgan fingerprint density at radius 1 is 1.65 bits per heavy atom. The van der Waals surface area contributed by atoms with E-state index in [1.807, 2.05) is 0 Å². The maximum absolute atomic E-state index is 12.2. The van der Waals surface area contributed by atoms with Crippen molar-refractivity contribution in [2.24, 2.45) is 11.7 Å². The molecule has 17 heavy (non-hydrogen) atoms. The lowest BCUT2D eigenvalue weighted by Crippen LogP contribution is -2.53. The molecule has 2 atom stereocenters. The number of carboxylic acid groups (broad SMARTS) is 1. The van der Waals surface area contributed by atoms with Crippen LogP contribution in [0.25, 0.3) is 0 Å². The van der Waals surface area contributed by atoms with Gasteiger partial charge in [0.2, 0.25) is 5.91 Å². The van der Waals surface area contributed by atoms with Crippen molar-refractivity contribution in [3.63, 3.8) is 0 Å². The van der Waals surface area contributed by atoms with Crippen molar-refractivity contribution in [2.45, 2.75) is 31.7 Å². The van der Waals surface area contributed by atoms with Crippen molar-refractivity contribution >= 4 is 11.9 Å². The minimum atomic E-state index is -1.08. The second kappa shape index (κ2) is 5.31. The normalized spacial score (nSPS) is 25.6. The first-order valence-electron chi connectivity index (χ1n) is 5.83. The summed E-state index contributed by atoms with van der Waals surface area (Å²) < 4.78 is 0. The van der Waals surface area contributed by atoms with Gasteiger partial charge in [-0.1, -0.05) is 6.08 Å². The molecule has 3 N–H and O–H groups in total. The highest BCUT2D eigenvalue weighted by Crippen LogP contribution is 2.31. The Morgan fingerprint density at radius 3 is 2.76 bits per heavy atom. The zero-order valence-corrected chi connectivity index (χ0v) is 10.2. The van der Waals surface area contributed by atoms with Crippen LogP contribution in [-0.4, -0.2) is 40.5 Å². The van der Waals surface area contributed by atoms with Gasteiger partial charge in [-0.25, -0.2) is 4.79 Å². The molecule has 5 heteroatoms. The molecule has 1 amide bonds. The van der Waals surface area contributed by atoms with E-state index in [0.717, 1.165) is 6.42 Å². The van der Waals surface area contributed by atoms with E-state index in [9.17, 15) is 14.7 Å². The summed E-state index contributed by atoms with van der Waals surface area (Å²) >= 11 is 0. The first kappa shape index (κ1) is 13.7. The van der Waals surface area contributed by atoms with Crippen molar-refractivity contribution in [3.8, 4) is 0 Å². The molecular formula is C12H20N2O3. The number of rotatable bonds is 5. The van der Waals surface area contributed by atoms with Crippen molar-refractivity contribution in [2.75, 3.05) is 13.1 Å². The van der Waals surface area contributed by atoms with Crippen molar-refractivity contribution in [1.82, 2.24) is 4.90 Å². The third kappa shape index (κ3) is 2.49. The number of nitrogens with zero attached hydrogens (tertiary/aromatic N) is 1. The molecule has 0 radical (unpaired) electrons. The van der Waals surface area contributed by atoms with E-state index >= 15 is 0 Å². The van der Waals surface area contributed by atoms with Crippen molar-refractivity contribution in [1.29, 1.82) is 0 Å². The molecule has 0 aromatic carbocycles. The fraction of sp³-hybridized carbons (Fsp3) is 0.667. The minimum Gasteiger partial charge on any atom is -0.480 e. The number of allylic oxidation sites excluding steroid dienone is 1. The second-order valence-corrected chi connectivity index (χ2v) is 4.63. The lowest BCUT2D eigenvalue weighted by atomic mass is 9.96. The Kier molecular flexibility index (Phi) is 4.28. The molecule has 1 fully saturated rings. The maximum atomic E-state index is 12.2. The molecular weight excluding hydrogens is 220 g/mol. The van der Waals surface area contributed by atoms with Crippen molar-refractivity contribution < 1.29 is 14.7 Å². The zero-order valence-electron chi connectivity index (χ0n) is 10.2. The molecule has 1 aliphatic heterocycles. The molecule has 0 saturated carbocycles. The van der Waals surface area contributed by atoms with Gasteiger partial charge in [0, 0.05) is 13.1 Å². The summed E-state index contributed by atoms with van der Waals surface area (Å²) in [6.07, 6.45) is 3.35. The number of hydrogen-bond acceptors (Lipinski definition) is 3. The van der Waals surface area contributed by atoms with Gasteiger partial charge in [0.15, 0.2) is 0 Å². The Hall–Kier alpha value is -1.36. The third-order valence-corrected chi connectivity index (χ3v) is 3.45. The Morgan fingerprint density at radius 2 is 2.29 bits per heavy atom. The lowest BCUT2D eigenvalue weighted by molar-refractivity contribution is -0.156. The summed E-state index contributed by atoms with van der Waals surface area (Å²) in [7, 11) is 0. The van der Waals surface area contributed by atoms with Gasteiger partial charge in [0.1, 0.15) is 5.54 Å². The average molecular weight is 240 g/mol. The molecule has 0 spiro atoms. The largest absolute Gasteiger partial charge is 0.480 e. The summed E-state index contributed by atoms with van der Waals surface area (Å²) in [4.78, 5) is 24.9. The van der Waals surface area contributed by atoms with Crippen LogP contribution in [0.1, 0.15) is 26.2 Å². The zero-order chi connectivity index (χ0) is 13.1. The number of hydrogen-bond donors (Lipinski definition) is 2. The summed E-state index contributed by atoms with van der Waals surface area (Å²) in [6, 6.07) is 0. The first-order valence-corrected chi connectivity index (χ1v) is 5.83. The van der Waals surface area contributed by atoms with Gasteiger partial charge in [-0.05, 0) is 26.2 Å². The first-order chi connectivity index (χ1) is 7.97. The molecule has 0 aliphatic carbocycles. The Labute approximate surface area is 101 Å². The van der Waals surface area contributed by atoms with Crippen LogP contribution in [0.3, 0.4) is 0 Å². The van der Waals surface area contributed by atoms with Gasteiger partial charge in [-0.3, -0.25) is 4.79 Å². The van der Waals surface area contributed by atoms with Gasteiger partial charge >= 0.3 is 5.97 Å². The van der Waals surface area contributed by atoms with Gasteiger partial charge in [-0.15, -0.1) is 6.58 Å². The molecule has 0 unspecified atom stereocenters. The van der Waals surface area contributed by atoms with Crippen molar-refractivity contribution in [3.05, 3.63) is 12.7 Å². The second-order valence-electron chi connectivity index (χ2n) is 4.63. The topological polar surface area (TPSA) is 83.6 Å². The fourth-order valence-corrected chi connectivity index (χ4v) is 2.26. The molecule has 1 saturated heterocycles. The van der Waals surface area contributed by atoms with Gasteiger partial charge in [-0.2, -0.15) is 0 Å². The molecule has 0 bridgehead atoms. The molecule has 1 aliphatic rings. The minimum absolute atomic E-state index is 0.171. The fourth-order valence-electron chi connectivity index (χ4n) is 2.26. The summed E-state index contributed by atoms with van der Waals surface area (Å²) in [5.74, 6) is -1.48. The van der Waals surface area contributed by atoms with Crippen LogP contribution in [0.5, 0.6) is 0 Å². The number of carbonyl (C=O) groups is 2. The monoisotopic (exact) mass is 240 g/mol. The Balaban J connectivity index is 2.87. The van der Waals surface area contributed by atoms with Crippen LogP contribution in [0.15, 0.2) is 12.7 Å². The molecule has 1 rings (SSSR count). The smallest absolute Gasteiger partial charge is 0.329 e. The third-order valence-electron chi connectivity index (χ3n) is 3.45. The molecule has 1 heterocycles. The van der Waals surface area contributed by atoms with E-state index in [4.69, 9.17) is 5.73 Å². The number of nitrogens with two attached hydrogens (primary N) is 1. The van der Waals surface area contributed by atoms with Crippen LogP contribution in [0.2, 0.25) is 0 Å². The van der Waals surface area contributed by atoms with Crippen LogP contribution in [0.4, 0.5) is 0 Å². The van der Waals surface area contributed by atoms with Crippen LogP contribution < -0.4 is 5.73 Å². The summed E-state index contributed by atoms with van der Waals surface area (Å²) in [5, 5.41) is 9.23. The number of carbonyl (C=O) groups excluding carboxylic acids is 1. The molecule has 96 valence electrons. The predicted octanol–water partition coefficient (Wildman–Crippen LogP) is 0.603. The molecule has 0 aromatic heterocycles. The highest BCUT2D eigenvalue weighted by atomic mass is 16.4. The van der Waals surface area contributed by atoms with E-state index in [0.29, 0.717) is 19.4 Å². The van der Waals surface area contributed by atoms with E-state index < -0.39 is 11.5 Å². The van der Waals surface area contributed by atoms with E-state index in [1.165, 1.54) is 4.90 Å². The van der Waals surface area contributed by atoms with Gasteiger partial charge in [0.25, 0.3) is 0 Å². The van der Waals surface area contributed by atoms with Gasteiger partial charge in [0.05, 0.1) is 5.92 Å². The predicted molar refractivity (Wildman–Crippen MR) is 64.3 cm³/mol. The van der Waals surface area contributed by atoms with E-state index in [2.05, 4.69) is 6.58 Å². The van der Waals surface area contributed by atoms with E-state index in [-0.39, 0.29) is 18.4 Å². The highest BCUT2D eigenvalue weighted by molar-refractivity contribution is 5.88. The molecule has 5 nitrogen and oxygen atoms in total. The Bertz CT molecular complexity index is 330. The molecule has 0 aromatic rings. The highest BCUT2D eigenvalue weighted by Gasteiger charge is 2.46. The number of aliphatic carboxylic acids is 1. The number of likely N-dealkylation sites (tertiary alicyclic amines) is 1. The maximum Gasteiger partial charge on any atom is 0.329 e. The lowest BCUT2D eigenvalue weighted by Gasteiger charge is -2.33. The van der Waals surface area contributed by atoms with Gasteiger partial charge < -0.3 is 15.7 Å². The summed E-state index contributed by atoms with van der Waals surface area (Å²) in [5.41, 5.74) is 4.47. The van der Waals surface area contributed by atoms with Crippen LogP contribution >= 0.6 is 0 Å². The number of amides is 1. The number of carboxylic acids is 1. The summed E-state index contributed by atoms with van der Waals surface area (Å²) in [6.45, 7) is 5.90. The SMILES string of the molecule is C=CC[C@@H](CN)C(=O)N1CCC[C@]1(C)C(=O)O. The van der Waals surface area contributed by atoms with E-state index in [1.54, 1.807) is 13.0 Å². The van der Waals surface area contributed by atoms with Crippen LogP contribution in [-0.2, 0) is 9.59 Å². The average Bonchev–Trinajstić information content (AvgIpc) is 2.68. The standard InChI is InChI=1S/C12H20N2O3/c1-3-5-9(8-13)10(15)14-7-4-6-12(14,2)11(16)17/h3,9H,1,4-8,13H2,2H3,(H,16,17)/t9-,12+/m0/s1. The quantitative estimate of drug-likeness (QED) is 0.689.